The number of sulfonamides is 1. The number of rotatable bonds is 7. The smallest absolute Gasteiger partial charge is 0.267 e. The van der Waals surface area contributed by atoms with E-state index in [1.54, 1.807) is 23.1 Å². The molecule has 0 spiro atoms. The van der Waals surface area contributed by atoms with Gasteiger partial charge in [-0.25, -0.2) is 17.5 Å². The van der Waals surface area contributed by atoms with Crippen molar-refractivity contribution in [2.24, 2.45) is 0 Å². The van der Waals surface area contributed by atoms with Crippen molar-refractivity contribution in [3.8, 4) is 5.75 Å². The number of benzene rings is 2. The Morgan fingerprint density at radius 3 is 2.32 bits per heavy atom. The molecule has 1 saturated heterocycles. The molecule has 0 aromatic heterocycles. The molecule has 31 heavy (non-hydrogen) atoms. The third-order valence-electron chi connectivity index (χ3n) is 4.81. The summed E-state index contributed by atoms with van der Waals surface area (Å²) in [6, 6.07) is 12.2. The van der Waals surface area contributed by atoms with Crippen LogP contribution in [-0.4, -0.2) is 62.8 Å². The Labute approximate surface area is 180 Å². The Balaban J connectivity index is 1.53. The molecule has 8 nitrogen and oxygen atoms in total. The van der Waals surface area contributed by atoms with E-state index in [-0.39, 0.29) is 29.0 Å². The minimum Gasteiger partial charge on any atom is -0.482 e. The number of carbonyl (C=O) groups is 2. The third-order valence-corrected chi connectivity index (χ3v) is 6.28. The third kappa shape index (κ3) is 6.25. The van der Waals surface area contributed by atoms with Crippen molar-refractivity contribution in [2.45, 2.75) is 18.4 Å². The zero-order valence-electron chi connectivity index (χ0n) is 17.1. The first-order valence-electron chi connectivity index (χ1n) is 9.74. The Kier molecular flexibility index (Phi) is 7.24. The molecule has 1 fully saturated rings. The summed E-state index contributed by atoms with van der Waals surface area (Å²) in [5, 5.41) is 0. The second-order valence-electron chi connectivity index (χ2n) is 7.18. The first-order valence-corrected chi connectivity index (χ1v) is 11.2. The predicted molar refractivity (Wildman–Crippen MR) is 111 cm³/mol. The minimum absolute atomic E-state index is 0.000421. The Bertz CT molecular complexity index is 1040. The number of hydrogen-bond acceptors (Lipinski definition) is 6. The molecule has 1 aliphatic rings. The van der Waals surface area contributed by atoms with Crippen LogP contribution in [0.2, 0.25) is 0 Å². The lowest BCUT2D eigenvalue weighted by Gasteiger charge is -2.34. The number of halogens is 1. The SMILES string of the molecule is CC(=O)NS(=O)(=O)c1ccccc1OCC(=O)N1CCN(Cc2ccc(F)cc2)CC1. The molecule has 1 N–H and O–H groups in total. The van der Waals surface area contributed by atoms with Gasteiger partial charge in [0.2, 0.25) is 5.91 Å². The van der Waals surface area contributed by atoms with Gasteiger partial charge in [-0.05, 0) is 29.8 Å². The average molecular weight is 450 g/mol. The Hall–Kier alpha value is -2.98. The lowest BCUT2D eigenvalue weighted by molar-refractivity contribution is -0.135. The van der Waals surface area contributed by atoms with Gasteiger partial charge in [0, 0.05) is 39.6 Å². The molecule has 1 heterocycles. The minimum atomic E-state index is -4.08. The van der Waals surface area contributed by atoms with Gasteiger partial charge in [-0.2, -0.15) is 0 Å². The summed E-state index contributed by atoms with van der Waals surface area (Å²) in [7, 11) is -4.08. The second-order valence-corrected chi connectivity index (χ2v) is 8.83. The van der Waals surface area contributed by atoms with E-state index in [0.717, 1.165) is 12.5 Å². The van der Waals surface area contributed by atoms with E-state index in [4.69, 9.17) is 4.74 Å². The molecule has 0 saturated carbocycles. The van der Waals surface area contributed by atoms with Crippen molar-refractivity contribution in [2.75, 3.05) is 32.8 Å². The molecule has 1 aliphatic heterocycles. The number of carbonyl (C=O) groups excluding carboxylic acids is 2. The molecule has 3 rings (SSSR count). The van der Waals surface area contributed by atoms with Crippen LogP contribution >= 0.6 is 0 Å². The molecule has 0 bridgehead atoms. The highest BCUT2D eigenvalue weighted by Crippen LogP contribution is 2.23. The van der Waals surface area contributed by atoms with Crippen LogP contribution in [-0.2, 0) is 26.2 Å². The average Bonchev–Trinajstić information content (AvgIpc) is 2.73. The van der Waals surface area contributed by atoms with Gasteiger partial charge in [-0.15, -0.1) is 0 Å². The summed E-state index contributed by atoms with van der Waals surface area (Å²) in [6.07, 6.45) is 0. The van der Waals surface area contributed by atoms with E-state index < -0.39 is 15.9 Å². The lowest BCUT2D eigenvalue weighted by atomic mass is 10.2. The van der Waals surface area contributed by atoms with E-state index >= 15 is 0 Å². The summed E-state index contributed by atoms with van der Waals surface area (Å²) in [6.45, 7) is 3.80. The Morgan fingerprint density at radius 1 is 1.03 bits per heavy atom. The van der Waals surface area contributed by atoms with Crippen molar-refractivity contribution in [3.05, 3.63) is 59.9 Å². The van der Waals surface area contributed by atoms with Gasteiger partial charge in [0.1, 0.15) is 16.5 Å². The molecule has 2 aromatic rings. The zero-order valence-corrected chi connectivity index (χ0v) is 17.9. The summed E-state index contributed by atoms with van der Waals surface area (Å²) in [5.41, 5.74) is 1.00. The van der Waals surface area contributed by atoms with E-state index in [0.29, 0.717) is 32.7 Å². The normalized spacial score (nSPS) is 14.8. The molecular formula is C21H24FN3O5S. The van der Waals surface area contributed by atoms with Crippen molar-refractivity contribution in [1.29, 1.82) is 0 Å². The topological polar surface area (TPSA) is 96.0 Å². The maximum Gasteiger partial charge on any atom is 0.267 e. The van der Waals surface area contributed by atoms with Gasteiger partial charge >= 0.3 is 0 Å². The predicted octanol–water partition coefficient (Wildman–Crippen LogP) is 1.37. The second kappa shape index (κ2) is 9.88. The van der Waals surface area contributed by atoms with Crippen molar-refractivity contribution >= 4 is 21.8 Å². The first kappa shape index (κ1) is 22.7. The monoisotopic (exact) mass is 449 g/mol. The highest BCUT2D eigenvalue weighted by Gasteiger charge is 2.24. The first-order chi connectivity index (χ1) is 14.7. The molecule has 0 unspecified atom stereocenters. The molecule has 10 heteroatoms. The summed E-state index contributed by atoms with van der Waals surface area (Å²) in [4.78, 5) is 27.3. The van der Waals surface area contributed by atoms with Crippen LogP contribution < -0.4 is 9.46 Å². The highest BCUT2D eigenvalue weighted by atomic mass is 32.2. The molecule has 166 valence electrons. The highest BCUT2D eigenvalue weighted by molar-refractivity contribution is 7.90. The largest absolute Gasteiger partial charge is 0.482 e. The number of para-hydroxylation sites is 1. The van der Waals surface area contributed by atoms with Crippen LogP contribution in [0, 0.1) is 5.82 Å². The maximum atomic E-state index is 13.0. The molecule has 2 aromatic carbocycles. The van der Waals surface area contributed by atoms with E-state index in [9.17, 15) is 22.4 Å². The fraction of sp³-hybridized carbons (Fsp3) is 0.333. The fourth-order valence-corrected chi connectivity index (χ4v) is 4.41. The van der Waals surface area contributed by atoms with Crippen LogP contribution in [0.4, 0.5) is 4.39 Å². The van der Waals surface area contributed by atoms with E-state index in [1.807, 2.05) is 4.72 Å². The van der Waals surface area contributed by atoms with Crippen molar-refractivity contribution < 1.29 is 27.1 Å². The van der Waals surface area contributed by atoms with E-state index in [2.05, 4.69) is 4.90 Å². The number of amides is 2. The quantitative estimate of drug-likeness (QED) is 0.686. The standard InChI is InChI=1S/C21H24FN3O5S/c1-16(26)23-31(28,29)20-5-3-2-4-19(20)30-15-21(27)25-12-10-24(11-13-25)14-17-6-8-18(22)9-7-17/h2-9H,10-15H2,1H3,(H,23,26). The van der Waals surface area contributed by atoms with Crippen LogP contribution in [0.15, 0.2) is 53.4 Å². The lowest BCUT2D eigenvalue weighted by Crippen LogP contribution is -2.49. The van der Waals surface area contributed by atoms with Crippen molar-refractivity contribution in [3.63, 3.8) is 0 Å². The van der Waals surface area contributed by atoms with Gasteiger partial charge in [-0.3, -0.25) is 14.5 Å². The maximum absolute atomic E-state index is 13.0. The van der Waals surface area contributed by atoms with E-state index in [1.165, 1.54) is 30.3 Å². The van der Waals surface area contributed by atoms with Crippen LogP contribution in [0.5, 0.6) is 5.75 Å². The number of nitrogens with zero attached hydrogens (tertiary/aromatic N) is 2. The summed E-state index contributed by atoms with van der Waals surface area (Å²) >= 11 is 0. The molecule has 0 atom stereocenters. The van der Waals surface area contributed by atoms with Gasteiger partial charge in [0.25, 0.3) is 15.9 Å². The summed E-state index contributed by atoms with van der Waals surface area (Å²) < 4.78 is 45.0. The van der Waals surface area contributed by atoms with Crippen LogP contribution in [0.3, 0.4) is 0 Å². The number of hydrogen-bond donors (Lipinski definition) is 1. The zero-order chi connectivity index (χ0) is 22.4. The Morgan fingerprint density at radius 2 is 1.68 bits per heavy atom. The summed E-state index contributed by atoms with van der Waals surface area (Å²) in [5.74, 6) is -1.25. The number of ether oxygens (including phenoxy) is 1. The van der Waals surface area contributed by atoms with Gasteiger partial charge < -0.3 is 9.64 Å². The molecular weight excluding hydrogens is 425 g/mol. The molecule has 0 aliphatic carbocycles. The van der Waals surface area contributed by atoms with Crippen LogP contribution in [0.25, 0.3) is 0 Å². The van der Waals surface area contributed by atoms with Crippen LogP contribution in [0.1, 0.15) is 12.5 Å². The molecule has 2 amide bonds. The van der Waals surface area contributed by atoms with Gasteiger partial charge in [0.15, 0.2) is 6.61 Å². The van der Waals surface area contributed by atoms with Crippen molar-refractivity contribution in [1.82, 2.24) is 14.5 Å². The number of nitrogens with one attached hydrogen (secondary N) is 1. The molecule has 0 radical (unpaired) electrons. The fourth-order valence-electron chi connectivity index (χ4n) is 3.27. The number of piperazine rings is 1. The van der Waals surface area contributed by atoms with Gasteiger partial charge in [-0.1, -0.05) is 24.3 Å². The van der Waals surface area contributed by atoms with Gasteiger partial charge in [0.05, 0.1) is 0 Å².